The van der Waals surface area contributed by atoms with Gasteiger partial charge in [-0.1, -0.05) is 6.92 Å². The van der Waals surface area contributed by atoms with Crippen LogP contribution in [0.4, 0.5) is 0 Å². The maximum atomic E-state index is 8.69. The van der Waals surface area contributed by atoms with Crippen molar-refractivity contribution < 1.29 is 0 Å². The molecule has 0 spiro atoms. The summed E-state index contributed by atoms with van der Waals surface area (Å²) in [6, 6.07) is 4.09. The average molecular weight is 178 g/mol. The molecule has 1 aromatic heterocycles. The Bertz CT molecular complexity index is 315. The van der Waals surface area contributed by atoms with Gasteiger partial charge in [0.05, 0.1) is 0 Å². The molecule has 0 N–H and O–H groups in total. The molecule has 2 nitrogen and oxygen atoms in total. The van der Waals surface area contributed by atoms with E-state index in [0.29, 0.717) is 5.69 Å². The first-order valence-electron chi connectivity index (χ1n) is 3.74. The van der Waals surface area contributed by atoms with Crippen LogP contribution in [0.1, 0.15) is 18.2 Å². The largest absolute Gasteiger partial charge is 0.244 e. The molecular weight excluding hydrogens is 168 g/mol. The zero-order valence-electron chi connectivity index (χ0n) is 7.16. The van der Waals surface area contributed by atoms with Crippen LogP contribution in [0.2, 0.25) is 0 Å². The maximum absolute atomic E-state index is 8.69. The number of hydrogen-bond acceptors (Lipinski definition) is 3. The van der Waals surface area contributed by atoms with Gasteiger partial charge in [0, 0.05) is 11.1 Å². The summed E-state index contributed by atoms with van der Waals surface area (Å²) in [5, 5.41) is 8.69. The summed E-state index contributed by atoms with van der Waals surface area (Å²) in [5.41, 5.74) is 1.71. The van der Waals surface area contributed by atoms with Crippen LogP contribution < -0.4 is 0 Å². The highest BCUT2D eigenvalue weighted by molar-refractivity contribution is 7.98. The van der Waals surface area contributed by atoms with E-state index in [-0.39, 0.29) is 0 Å². The molecule has 0 unspecified atom stereocenters. The summed E-state index contributed by atoms with van der Waals surface area (Å²) in [6.45, 7) is 2.08. The standard InChI is InChI=1S/C9H10N2S/c1-3-7-4-9(12-2)8(5-10)11-6-7/h4,6H,3H2,1-2H3. The zero-order chi connectivity index (χ0) is 8.97. The molecule has 0 bridgehead atoms. The van der Waals surface area contributed by atoms with Crippen LogP contribution in [-0.2, 0) is 6.42 Å². The minimum atomic E-state index is 0.528. The average Bonchev–Trinajstić information content (AvgIpc) is 2.16. The van der Waals surface area contributed by atoms with E-state index >= 15 is 0 Å². The Morgan fingerprint density at radius 3 is 2.92 bits per heavy atom. The van der Waals surface area contributed by atoms with Crippen LogP contribution in [0.3, 0.4) is 0 Å². The fourth-order valence-electron chi connectivity index (χ4n) is 0.918. The van der Waals surface area contributed by atoms with E-state index in [2.05, 4.69) is 18.0 Å². The highest BCUT2D eigenvalue weighted by Gasteiger charge is 2.02. The number of rotatable bonds is 2. The normalized spacial score (nSPS) is 9.42. The lowest BCUT2D eigenvalue weighted by molar-refractivity contribution is 1.06. The number of pyridine rings is 1. The molecule has 0 radical (unpaired) electrons. The second kappa shape index (κ2) is 4.13. The molecule has 0 saturated heterocycles. The highest BCUT2D eigenvalue weighted by Crippen LogP contribution is 2.19. The predicted octanol–water partition coefficient (Wildman–Crippen LogP) is 2.24. The Kier molecular flexibility index (Phi) is 3.12. The molecule has 1 rings (SSSR count). The Labute approximate surface area is 76.6 Å². The number of aryl methyl sites for hydroxylation is 1. The lowest BCUT2D eigenvalue weighted by atomic mass is 10.2. The SMILES string of the molecule is CCc1cnc(C#N)c(SC)c1. The number of thioether (sulfide) groups is 1. The van der Waals surface area contributed by atoms with Crippen molar-refractivity contribution in [3.63, 3.8) is 0 Å². The third-order valence-corrected chi connectivity index (χ3v) is 2.39. The van der Waals surface area contributed by atoms with Crippen LogP contribution >= 0.6 is 11.8 Å². The van der Waals surface area contributed by atoms with Crippen LogP contribution in [0.25, 0.3) is 0 Å². The van der Waals surface area contributed by atoms with E-state index in [4.69, 9.17) is 5.26 Å². The van der Waals surface area contributed by atoms with Crippen LogP contribution in [0.15, 0.2) is 17.2 Å². The quantitative estimate of drug-likeness (QED) is 0.652. The third kappa shape index (κ3) is 1.77. The van der Waals surface area contributed by atoms with Crippen molar-refractivity contribution >= 4 is 11.8 Å². The monoisotopic (exact) mass is 178 g/mol. The minimum absolute atomic E-state index is 0.528. The molecule has 0 fully saturated rings. The first-order valence-corrected chi connectivity index (χ1v) is 4.97. The van der Waals surface area contributed by atoms with Crippen molar-refractivity contribution in [3.05, 3.63) is 23.5 Å². The van der Waals surface area contributed by atoms with Crippen LogP contribution in [0.5, 0.6) is 0 Å². The van der Waals surface area contributed by atoms with E-state index in [1.807, 2.05) is 12.3 Å². The van der Waals surface area contributed by atoms with Gasteiger partial charge in [0.15, 0.2) is 5.69 Å². The molecule has 1 aromatic rings. The molecule has 1 heterocycles. The van der Waals surface area contributed by atoms with Gasteiger partial charge in [0.25, 0.3) is 0 Å². The first kappa shape index (κ1) is 9.08. The Morgan fingerprint density at radius 2 is 2.42 bits per heavy atom. The van der Waals surface area contributed by atoms with E-state index in [1.165, 1.54) is 5.56 Å². The molecular formula is C9H10N2S. The number of hydrogen-bond donors (Lipinski definition) is 0. The summed E-state index contributed by atoms with van der Waals surface area (Å²) in [5.74, 6) is 0. The maximum Gasteiger partial charge on any atom is 0.153 e. The highest BCUT2D eigenvalue weighted by atomic mass is 32.2. The Balaban J connectivity index is 3.13. The second-order valence-electron chi connectivity index (χ2n) is 2.36. The number of nitriles is 1. The Morgan fingerprint density at radius 1 is 1.67 bits per heavy atom. The van der Waals surface area contributed by atoms with Crippen molar-refractivity contribution in [2.24, 2.45) is 0 Å². The Hall–Kier alpha value is -1.01. The number of aromatic nitrogens is 1. The molecule has 0 aliphatic rings. The van der Waals surface area contributed by atoms with Gasteiger partial charge in [-0.15, -0.1) is 11.8 Å². The molecule has 62 valence electrons. The first-order chi connectivity index (χ1) is 5.81. The van der Waals surface area contributed by atoms with Crippen molar-refractivity contribution in [3.8, 4) is 6.07 Å². The fourth-order valence-corrected chi connectivity index (χ4v) is 1.48. The van der Waals surface area contributed by atoms with E-state index < -0.39 is 0 Å². The summed E-state index contributed by atoms with van der Waals surface area (Å²) < 4.78 is 0. The van der Waals surface area contributed by atoms with Gasteiger partial charge in [0.1, 0.15) is 6.07 Å². The fraction of sp³-hybridized carbons (Fsp3) is 0.333. The lowest BCUT2D eigenvalue weighted by Gasteiger charge is -2.00. The summed E-state index contributed by atoms with van der Waals surface area (Å²) in [6.07, 6.45) is 4.68. The van der Waals surface area contributed by atoms with Gasteiger partial charge in [0.2, 0.25) is 0 Å². The van der Waals surface area contributed by atoms with Crippen molar-refractivity contribution in [1.29, 1.82) is 5.26 Å². The van der Waals surface area contributed by atoms with Crippen LogP contribution in [0, 0.1) is 11.3 Å². The van der Waals surface area contributed by atoms with Gasteiger partial charge >= 0.3 is 0 Å². The van der Waals surface area contributed by atoms with E-state index in [0.717, 1.165) is 11.3 Å². The predicted molar refractivity (Wildman–Crippen MR) is 50.1 cm³/mol. The van der Waals surface area contributed by atoms with Gasteiger partial charge in [-0.3, -0.25) is 0 Å². The zero-order valence-corrected chi connectivity index (χ0v) is 7.98. The van der Waals surface area contributed by atoms with Crippen molar-refractivity contribution in [1.82, 2.24) is 4.98 Å². The molecule has 0 aromatic carbocycles. The van der Waals surface area contributed by atoms with Gasteiger partial charge in [-0.05, 0) is 24.3 Å². The molecule has 0 aliphatic heterocycles. The second-order valence-corrected chi connectivity index (χ2v) is 3.21. The smallest absolute Gasteiger partial charge is 0.153 e. The molecule has 12 heavy (non-hydrogen) atoms. The van der Waals surface area contributed by atoms with Crippen LogP contribution in [-0.4, -0.2) is 11.2 Å². The van der Waals surface area contributed by atoms with Gasteiger partial charge in [-0.25, -0.2) is 4.98 Å². The minimum Gasteiger partial charge on any atom is -0.244 e. The topological polar surface area (TPSA) is 36.7 Å². The summed E-state index contributed by atoms with van der Waals surface area (Å²) in [7, 11) is 0. The molecule has 0 amide bonds. The molecule has 0 atom stereocenters. The molecule has 0 saturated carbocycles. The van der Waals surface area contributed by atoms with Gasteiger partial charge < -0.3 is 0 Å². The van der Waals surface area contributed by atoms with Gasteiger partial charge in [-0.2, -0.15) is 5.26 Å². The van der Waals surface area contributed by atoms with Crippen molar-refractivity contribution in [2.75, 3.05) is 6.26 Å². The summed E-state index contributed by atoms with van der Waals surface area (Å²) >= 11 is 1.56. The third-order valence-electron chi connectivity index (χ3n) is 1.64. The number of nitrogens with zero attached hydrogens (tertiary/aromatic N) is 2. The molecule has 0 aliphatic carbocycles. The lowest BCUT2D eigenvalue weighted by Crippen LogP contribution is -1.89. The molecule has 3 heteroatoms. The summed E-state index contributed by atoms with van der Waals surface area (Å²) in [4.78, 5) is 5.03. The van der Waals surface area contributed by atoms with Crippen molar-refractivity contribution in [2.45, 2.75) is 18.2 Å². The van der Waals surface area contributed by atoms with E-state index in [9.17, 15) is 0 Å². The van der Waals surface area contributed by atoms with E-state index in [1.54, 1.807) is 18.0 Å².